The topological polar surface area (TPSA) is 82.8 Å². The molecule has 2 heterocycles. The Balaban J connectivity index is 1.57. The van der Waals surface area contributed by atoms with Crippen LogP contribution in [-0.4, -0.2) is 42.1 Å². The fraction of sp³-hybridized carbons (Fsp3) is 0.522. The summed E-state index contributed by atoms with van der Waals surface area (Å²) in [5.74, 6) is 1.75. The molecular formula is C23H33N5O2. The van der Waals surface area contributed by atoms with E-state index in [2.05, 4.69) is 34.6 Å². The molecule has 7 heteroatoms. The van der Waals surface area contributed by atoms with Crippen LogP contribution in [0.5, 0.6) is 0 Å². The van der Waals surface area contributed by atoms with Crippen LogP contribution < -0.4 is 10.6 Å². The summed E-state index contributed by atoms with van der Waals surface area (Å²) < 4.78 is 5.43. The van der Waals surface area contributed by atoms with Crippen LogP contribution in [0.1, 0.15) is 66.0 Å². The van der Waals surface area contributed by atoms with Crippen LogP contribution in [0.2, 0.25) is 0 Å². The van der Waals surface area contributed by atoms with E-state index in [0.29, 0.717) is 19.0 Å². The average Bonchev–Trinajstić information content (AvgIpc) is 3.21. The minimum Gasteiger partial charge on any atom is -0.361 e. The molecule has 0 bridgehead atoms. The molecule has 1 saturated heterocycles. The smallest absolute Gasteiger partial charge is 0.253 e. The summed E-state index contributed by atoms with van der Waals surface area (Å²) in [5, 5.41) is 10.8. The summed E-state index contributed by atoms with van der Waals surface area (Å²) in [6, 6.07) is 7.85. The number of hydrogen-bond donors (Lipinski definition) is 2. The quantitative estimate of drug-likeness (QED) is 0.540. The van der Waals surface area contributed by atoms with Gasteiger partial charge in [0.25, 0.3) is 5.91 Å². The number of rotatable bonds is 7. The number of aromatic nitrogens is 1. The van der Waals surface area contributed by atoms with Crippen molar-refractivity contribution in [3.8, 4) is 0 Å². The van der Waals surface area contributed by atoms with Crippen molar-refractivity contribution in [3.05, 3.63) is 52.4 Å². The lowest BCUT2D eigenvalue weighted by molar-refractivity contribution is 0.0724. The average molecular weight is 412 g/mol. The van der Waals surface area contributed by atoms with Crippen LogP contribution in [0.3, 0.4) is 0 Å². The lowest BCUT2D eigenvalue weighted by Gasteiger charge is -2.26. The summed E-state index contributed by atoms with van der Waals surface area (Å²) in [6.45, 7) is 7.07. The lowest BCUT2D eigenvalue weighted by Crippen LogP contribution is -2.37. The van der Waals surface area contributed by atoms with E-state index < -0.39 is 0 Å². The number of carbonyl (C=O) groups is 1. The van der Waals surface area contributed by atoms with Crippen molar-refractivity contribution in [1.82, 2.24) is 20.7 Å². The first-order chi connectivity index (χ1) is 14.7. The van der Waals surface area contributed by atoms with E-state index in [-0.39, 0.29) is 5.91 Å². The number of likely N-dealkylation sites (tertiary alicyclic amines) is 1. The normalized spacial score (nSPS) is 14.6. The van der Waals surface area contributed by atoms with Gasteiger partial charge in [-0.25, -0.2) is 0 Å². The van der Waals surface area contributed by atoms with E-state index in [1.807, 2.05) is 29.2 Å². The number of amides is 1. The van der Waals surface area contributed by atoms with Gasteiger partial charge < -0.3 is 20.1 Å². The third-order valence-electron chi connectivity index (χ3n) is 5.54. The van der Waals surface area contributed by atoms with Crippen LogP contribution in [0.25, 0.3) is 0 Å². The van der Waals surface area contributed by atoms with Gasteiger partial charge in [0.05, 0.1) is 5.69 Å². The van der Waals surface area contributed by atoms with Gasteiger partial charge in [0.15, 0.2) is 5.96 Å². The Hall–Kier alpha value is -2.83. The number of piperidine rings is 1. The summed E-state index contributed by atoms with van der Waals surface area (Å²) in [4.78, 5) is 19.0. The van der Waals surface area contributed by atoms with Gasteiger partial charge in [-0.3, -0.25) is 9.79 Å². The second-order valence-electron chi connectivity index (χ2n) is 7.57. The zero-order chi connectivity index (χ0) is 21.3. The Bertz CT molecular complexity index is 847. The summed E-state index contributed by atoms with van der Waals surface area (Å²) in [7, 11) is 1.75. The van der Waals surface area contributed by atoms with Crippen molar-refractivity contribution < 1.29 is 9.32 Å². The number of benzene rings is 1. The SMILES string of the molecule is CCc1noc(CC)c1CNC(=NC)NCc1cccc(C(=O)N2CCCCC2)c1. The van der Waals surface area contributed by atoms with Crippen molar-refractivity contribution in [2.24, 2.45) is 4.99 Å². The van der Waals surface area contributed by atoms with E-state index in [9.17, 15) is 4.79 Å². The molecule has 1 aliphatic rings. The number of nitrogens with zero attached hydrogens (tertiary/aromatic N) is 3. The predicted octanol–water partition coefficient (Wildman–Crippen LogP) is 3.29. The van der Waals surface area contributed by atoms with Crippen LogP contribution in [-0.2, 0) is 25.9 Å². The fourth-order valence-electron chi connectivity index (χ4n) is 3.81. The second-order valence-corrected chi connectivity index (χ2v) is 7.57. The molecule has 1 aliphatic heterocycles. The molecule has 1 fully saturated rings. The van der Waals surface area contributed by atoms with Gasteiger partial charge in [-0.2, -0.15) is 0 Å². The highest BCUT2D eigenvalue weighted by Crippen LogP contribution is 2.16. The van der Waals surface area contributed by atoms with Crippen molar-refractivity contribution in [2.75, 3.05) is 20.1 Å². The number of hydrogen-bond acceptors (Lipinski definition) is 4. The Morgan fingerprint density at radius 3 is 2.60 bits per heavy atom. The molecule has 1 aromatic carbocycles. The highest BCUT2D eigenvalue weighted by atomic mass is 16.5. The van der Waals surface area contributed by atoms with Crippen LogP contribution in [0.4, 0.5) is 0 Å². The first-order valence-corrected chi connectivity index (χ1v) is 10.9. The van der Waals surface area contributed by atoms with Crippen LogP contribution >= 0.6 is 0 Å². The van der Waals surface area contributed by atoms with Gasteiger partial charge in [-0.15, -0.1) is 0 Å². The molecule has 2 aromatic rings. The highest BCUT2D eigenvalue weighted by molar-refractivity contribution is 5.94. The Labute approximate surface area is 178 Å². The van der Waals surface area contributed by atoms with Gasteiger partial charge in [0, 0.05) is 50.8 Å². The third-order valence-corrected chi connectivity index (χ3v) is 5.54. The monoisotopic (exact) mass is 411 g/mol. The van der Waals surface area contributed by atoms with E-state index in [0.717, 1.165) is 66.9 Å². The minimum absolute atomic E-state index is 0.130. The zero-order valence-electron chi connectivity index (χ0n) is 18.3. The highest BCUT2D eigenvalue weighted by Gasteiger charge is 2.18. The molecule has 3 rings (SSSR count). The maximum atomic E-state index is 12.8. The lowest BCUT2D eigenvalue weighted by atomic mass is 10.1. The van der Waals surface area contributed by atoms with Crippen LogP contribution in [0.15, 0.2) is 33.8 Å². The Morgan fingerprint density at radius 1 is 1.13 bits per heavy atom. The molecule has 30 heavy (non-hydrogen) atoms. The second kappa shape index (κ2) is 10.8. The van der Waals surface area contributed by atoms with E-state index in [1.54, 1.807) is 7.05 Å². The Morgan fingerprint density at radius 2 is 1.90 bits per heavy atom. The fourth-order valence-corrected chi connectivity index (χ4v) is 3.81. The standard InChI is InChI=1S/C23H33N5O2/c1-4-20-19(21(5-2)30-27-20)16-26-23(24-3)25-15-17-10-9-11-18(14-17)22(29)28-12-7-6-8-13-28/h9-11,14H,4-8,12-13,15-16H2,1-3H3,(H2,24,25,26). The predicted molar refractivity (Wildman–Crippen MR) is 118 cm³/mol. The molecule has 7 nitrogen and oxygen atoms in total. The van der Waals surface area contributed by atoms with Gasteiger partial charge in [-0.1, -0.05) is 31.1 Å². The molecule has 1 amide bonds. The molecule has 0 spiro atoms. The third kappa shape index (κ3) is 5.40. The molecule has 0 unspecified atom stereocenters. The molecule has 0 saturated carbocycles. The maximum Gasteiger partial charge on any atom is 0.253 e. The van der Waals surface area contributed by atoms with Crippen molar-refractivity contribution in [2.45, 2.75) is 59.0 Å². The van der Waals surface area contributed by atoms with Gasteiger partial charge in [-0.05, 0) is 43.4 Å². The van der Waals surface area contributed by atoms with Crippen molar-refractivity contribution >= 4 is 11.9 Å². The number of guanidine groups is 1. The number of nitrogens with one attached hydrogen (secondary N) is 2. The summed E-state index contributed by atoms with van der Waals surface area (Å²) >= 11 is 0. The Kier molecular flexibility index (Phi) is 7.88. The summed E-state index contributed by atoms with van der Waals surface area (Å²) in [6.07, 6.45) is 5.06. The molecule has 0 aliphatic carbocycles. The van der Waals surface area contributed by atoms with E-state index in [4.69, 9.17) is 4.52 Å². The largest absolute Gasteiger partial charge is 0.361 e. The molecule has 162 valence electrons. The molecule has 2 N–H and O–H groups in total. The first kappa shape index (κ1) is 21.9. The molecule has 1 aromatic heterocycles. The van der Waals surface area contributed by atoms with Gasteiger partial charge >= 0.3 is 0 Å². The number of carbonyl (C=O) groups excluding carboxylic acids is 1. The molecule has 0 atom stereocenters. The molecular weight excluding hydrogens is 378 g/mol. The summed E-state index contributed by atoms with van der Waals surface area (Å²) in [5.41, 5.74) is 3.90. The van der Waals surface area contributed by atoms with Crippen molar-refractivity contribution in [3.63, 3.8) is 0 Å². The minimum atomic E-state index is 0.130. The van der Waals surface area contributed by atoms with E-state index >= 15 is 0 Å². The van der Waals surface area contributed by atoms with Crippen molar-refractivity contribution in [1.29, 1.82) is 0 Å². The van der Waals surface area contributed by atoms with E-state index in [1.165, 1.54) is 6.42 Å². The molecule has 0 radical (unpaired) electrons. The maximum absolute atomic E-state index is 12.8. The van der Waals surface area contributed by atoms with Gasteiger partial charge in [0.1, 0.15) is 5.76 Å². The van der Waals surface area contributed by atoms with Gasteiger partial charge in [0.2, 0.25) is 0 Å². The first-order valence-electron chi connectivity index (χ1n) is 10.9. The zero-order valence-corrected chi connectivity index (χ0v) is 18.3. The van der Waals surface area contributed by atoms with Crippen LogP contribution in [0, 0.1) is 0 Å². The number of aryl methyl sites for hydroxylation is 2. The number of aliphatic imine (C=N–C) groups is 1.